The molecule has 0 saturated heterocycles. The van der Waals surface area contributed by atoms with Crippen molar-refractivity contribution in [1.29, 1.82) is 0 Å². The van der Waals surface area contributed by atoms with E-state index < -0.39 is 5.91 Å². The van der Waals surface area contributed by atoms with Gasteiger partial charge in [0.2, 0.25) is 6.41 Å². The number of amides is 2. The number of hydrogen-bond acceptors (Lipinski definition) is 4. The second kappa shape index (κ2) is 5.75. The molecule has 7 nitrogen and oxygen atoms in total. The number of rotatable bonds is 4. The highest BCUT2D eigenvalue weighted by Crippen LogP contribution is 2.29. The zero-order valence-corrected chi connectivity index (χ0v) is 13.2. The van der Waals surface area contributed by atoms with Crippen LogP contribution >= 0.6 is 0 Å². The van der Waals surface area contributed by atoms with Crippen LogP contribution in [0.4, 0.5) is 5.69 Å². The van der Waals surface area contributed by atoms with Crippen LogP contribution in [0.3, 0.4) is 0 Å². The van der Waals surface area contributed by atoms with Gasteiger partial charge in [0, 0.05) is 31.9 Å². The van der Waals surface area contributed by atoms with E-state index in [2.05, 4.69) is 5.10 Å². The molecular formula is C16H19N5O2. The predicted molar refractivity (Wildman–Crippen MR) is 87.0 cm³/mol. The predicted octanol–water partition coefficient (Wildman–Crippen LogP) is 0.687. The molecule has 0 atom stereocenters. The van der Waals surface area contributed by atoms with Gasteiger partial charge in [0.25, 0.3) is 5.91 Å². The summed E-state index contributed by atoms with van der Waals surface area (Å²) >= 11 is 0. The lowest BCUT2D eigenvalue weighted by Crippen LogP contribution is -2.34. The van der Waals surface area contributed by atoms with Crippen molar-refractivity contribution < 1.29 is 9.59 Å². The fraction of sp³-hybridized carbons (Fsp3) is 0.312. The normalized spacial score (nSPS) is 13.6. The first-order valence-corrected chi connectivity index (χ1v) is 7.38. The maximum atomic E-state index is 12.0. The van der Waals surface area contributed by atoms with Crippen LogP contribution in [0, 0.1) is 0 Å². The van der Waals surface area contributed by atoms with Crippen molar-refractivity contribution in [2.45, 2.75) is 13.1 Å². The van der Waals surface area contributed by atoms with E-state index in [4.69, 9.17) is 5.73 Å². The number of hydrogen-bond donors (Lipinski definition) is 1. The van der Waals surface area contributed by atoms with Gasteiger partial charge in [-0.25, -0.2) is 0 Å². The summed E-state index contributed by atoms with van der Waals surface area (Å²) in [5, 5.41) is 4.57. The van der Waals surface area contributed by atoms with Crippen molar-refractivity contribution in [3.05, 3.63) is 35.5 Å². The number of anilines is 1. The largest absolute Gasteiger partial charge is 0.378 e. The molecule has 2 heterocycles. The summed E-state index contributed by atoms with van der Waals surface area (Å²) in [6, 6.07) is 7.78. The monoisotopic (exact) mass is 313 g/mol. The minimum absolute atomic E-state index is 0.349. The van der Waals surface area contributed by atoms with Crippen LogP contribution < -0.4 is 10.6 Å². The van der Waals surface area contributed by atoms with Crippen molar-refractivity contribution in [1.82, 2.24) is 14.7 Å². The molecule has 2 aromatic rings. The van der Waals surface area contributed by atoms with E-state index in [9.17, 15) is 9.59 Å². The summed E-state index contributed by atoms with van der Waals surface area (Å²) in [4.78, 5) is 26.6. The fourth-order valence-electron chi connectivity index (χ4n) is 2.82. The van der Waals surface area contributed by atoms with Gasteiger partial charge in [-0.05, 0) is 12.1 Å². The molecule has 0 radical (unpaired) electrons. The highest BCUT2D eigenvalue weighted by atomic mass is 16.1. The standard InChI is InChI=1S/C16H19N5O2/c1-19(2)12-5-3-4-11(8-12)15-14(16(17)23)13-9-20(10-22)6-7-21(13)18-15/h3-5,8,10H,6-7,9H2,1-2H3,(H2,17,23). The van der Waals surface area contributed by atoms with Gasteiger partial charge in [-0.3, -0.25) is 14.3 Å². The van der Waals surface area contributed by atoms with Gasteiger partial charge in [-0.1, -0.05) is 12.1 Å². The Morgan fingerprint density at radius 3 is 2.78 bits per heavy atom. The van der Waals surface area contributed by atoms with E-state index in [0.717, 1.165) is 17.7 Å². The molecular weight excluding hydrogens is 294 g/mol. The molecule has 1 aliphatic rings. The van der Waals surface area contributed by atoms with Crippen LogP contribution in [0.2, 0.25) is 0 Å². The van der Waals surface area contributed by atoms with Gasteiger partial charge in [-0.2, -0.15) is 5.10 Å². The SMILES string of the molecule is CN(C)c1cccc(-c2nn3c(c2C(N)=O)CN(C=O)CC3)c1. The molecule has 23 heavy (non-hydrogen) atoms. The second-order valence-electron chi connectivity index (χ2n) is 5.78. The summed E-state index contributed by atoms with van der Waals surface area (Å²) in [5.74, 6) is -0.524. The quantitative estimate of drug-likeness (QED) is 0.842. The Bertz CT molecular complexity index is 766. The molecule has 120 valence electrons. The number of primary amides is 1. The Morgan fingerprint density at radius 2 is 2.13 bits per heavy atom. The number of aromatic nitrogens is 2. The molecule has 3 rings (SSSR count). The van der Waals surface area contributed by atoms with E-state index in [1.165, 1.54) is 0 Å². The lowest BCUT2D eigenvalue weighted by atomic mass is 10.0. The van der Waals surface area contributed by atoms with Gasteiger partial charge in [-0.15, -0.1) is 0 Å². The fourth-order valence-corrected chi connectivity index (χ4v) is 2.82. The Kier molecular flexibility index (Phi) is 3.77. The topological polar surface area (TPSA) is 84.5 Å². The highest BCUT2D eigenvalue weighted by molar-refractivity contribution is 6.00. The zero-order valence-electron chi connectivity index (χ0n) is 13.2. The number of carbonyl (C=O) groups is 2. The van der Waals surface area contributed by atoms with Gasteiger partial charge in [0.1, 0.15) is 5.69 Å². The Morgan fingerprint density at radius 1 is 1.35 bits per heavy atom. The highest BCUT2D eigenvalue weighted by Gasteiger charge is 2.27. The first-order valence-electron chi connectivity index (χ1n) is 7.38. The Balaban J connectivity index is 2.13. The maximum Gasteiger partial charge on any atom is 0.252 e. The van der Waals surface area contributed by atoms with Crippen molar-refractivity contribution in [3.63, 3.8) is 0 Å². The molecule has 7 heteroatoms. The molecule has 1 aromatic carbocycles. The molecule has 1 aromatic heterocycles. The molecule has 0 aliphatic carbocycles. The van der Waals surface area contributed by atoms with Crippen LogP contribution in [-0.2, 0) is 17.9 Å². The van der Waals surface area contributed by atoms with Crippen molar-refractivity contribution >= 4 is 18.0 Å². The third-order valence-electron chi connectivity index (χ3n) is 4.04. The van der Waals surface area contributed by atoms with Gasteiger partial charge in [0.15, 0.2) is 0 Å². The third kappa shape index (κ3) is 2.65. The Labute approximate surface area is 134 Å². The molecule has 0 bridgehead atoms. The molecule has 0 saturated carbocycles. The minimum atomic E-state index is -0.524. The zero-order chi connectivity index (χ0) is 16.6. The number of nitrogens with zero attached hydrogens (tertiary/aromatic N) is 4. The second-order valence-corrected chi connectivity index (χ2v) is 5.78. The molecule has 1 aliphatic heterocycles. The molecule has 0 fully saturated rings. The van der Waals surface area contributed by atoms with E-state index in [1.807, 2.05) is 43.3 Å². The smallest absolute Gasteiger partial charge is 0.252 e. The van der Waals surface area contributed by atoms with E-state index in [0.29, 0.717) is 36.6 Å². The van der Waals surface area contributed by atoms with Crippen molar-refractivity contribution in [2.75, 3.05) is 25.5 Å². The molecule has 0 unspecified atom stereocenters. The first-order chi connectivity index (χ1) is 11.0. The molecule has 2 amide bonds. The maximum absolute atomic E-state index is 12.0. The minimum Gasteiger partial charge on any atom is -0.378 e. The third-order valence-corrected chi connectivity index (χ3v) is 4.04. The lowest BCUT2D eigenvalue weighted by Gasteiger charge is -2.24. The van der Waals surface area contributed by atoms with Gasteiger partial charge < -0.3 is 15.5 Å². The van der Waals surface area contributed by atoms with Crippen LogP contribution in [-0.4, -0.2) is 47.6 Å². The summed E-state index contributed by atoms with van der Waals surface area (Å²) in [6.45, 7) is 1.48. The molecule has 2 N–H and O–H groups in total. The van der Waals surface area contributed by atoms with Crippen LogP contribution in [0.15, 0.2) is 24.3 Å². The van der Waals surface area contributed by atoms with Crippen molar-refractivity contribution in [2.24, 2.45) is 5.73 Å². The van der Waals surface area contributed by atoms with Crippen LogP contribution in [0.25, 0.3) is 11.3 Å². The van der Waals surface area contributed by atoms with Crippen LogP contribution in [0.5, 0.6) is 0 Å². The average Bonchev–Trinajstić information content (AvgIpc) is 2.93. The van der Waals surface area contributed by atoms with Crippen LogP contribution in [0.1, 0.15) is 16.1 Å². The Hall–Kier alpha value is -2.83. The van der Waals surface area contributed by atoms with Gasteiger partial charge in [0.05, 0.1) is 24.3 Å². The lowest BCUT2D eigenvalue weighted by molar-refractivity contribution is -0.119. The van der Waals surface area contributed by atoms with E-state index in [-0.39, 0.29) is 0 Å². The number of carbonyl (C=O) groups excluding carboxylic acids is 2. The summed E-state index contributed by atoms with van der Waals surface area (Å²) in [5.41, 5.74) is 9.11. The average molecular weight is 313 g/mol. The van der Waals surface area contributed by atoms with E-state index in [1.54, 1.807) is 9.58 Å². The van der Waals surface area contributed by atoms with Gasteiger partial charge >= 0.3 is 0 Å². The number of fused-ring (bicyclic) bond motifs is 1. The summed E-state index contributed by atoms with van der Waals surface area (Å²) < 4.78 is 1.78. The number of nitrogens with two attached hydrogens (primary N) is 1. The number of benzene rings is 1. The summed E-state index contributed by atoms with van der Waals surface area (Å²) in [6.07, 6.45) is 0.785. The summed E-state index contributed by atoms with van der Waals surface area (Å²) in [7, 11) is 3.91. The first kappa shape index (κ1) is 15.1. The van der Waals surface area contributed by atoms with E-state index >= 15 is 0 Å². The van der Waals surface area contributed by atoms with Crippen molar-refractivity contribution in [3.8, 4) is 11.3 Å². The molecule has 0 spiro atoms.